The molecule has 3 aliphatic heterocycles. The lowest BCUT2D eigenvalue weighted by atomic mass is 9.87. The summed E-state index contributed by atoms with van der Waals surface area (Å²) in [4.78, 5) is 0. The SMILES string of the molecule is NC1NCNC2C1C(c1ccc(Oc3ccccc3)cc1)N(C1CNC1)N2C1CCCC1. The highest BCUT2D eigenvalue weighted by molar-refractivity contribution is 5.35. The minimum Gasteiger partial charge on any atom is -0.457 e. The molecule has 3 saturated heterocycles. The first-order chi connectivity index (χ1) is 15.8. The Morgan fingerprint density at radius 3 is 2.22 bits per heavy atom. The minimum absolute atomic E-state index is 0.0339. The maximum absolute atomic E-state index is 6.72. The molecule has 5 N–H and O–H groups in total. The van der Waals surface area contributed by atoms with Crippen LogP contribution in [0.4, 0.5) is 0 Å². The van der Waals surface area contributed by atoms with Gasteiger partial charge in [-0.2, -0.15) is 0 Å². The molecule has 32 heavy (non-hydrogen) atoms. The van der Waals surface area contributed by atoms with Gasteiger partial charge in [-0.3, -0.25) is 10.6 Å². The number of benzene rings is 2. The van der Waals surface area contributed by atoms with Crippen LogP contribution >= 0.6 is 0 Å². The smallest absolute Gasteiger partial charge is 0.127 e. The molecule has 0 amide bonds. The normalized spacial score (nSPS) is 32.0. The molecule has 0 aromatic heterocycles. The van der Waals surface area contributed by atoms with E-state index in [1.807, 2.05) is 30.3 Å². The van der Waals surface area contributed by atoms with Crippen LogP contribution in [0.5, 0.6) is 11.5 Å². The topological polar surface area (TPSA) is 77.8 Å². The average molecular weight is 435 g/mol. The molecule has 4 fully saturated rings. The van der Waals surface area contributed by atoms with Crippen molar-refractivity contribution in [2.75, 3.05) is 19.8 Å². The Bertz CT molecular complexity index is 898. The molecule has 4 atom stereocenters. The van der Waals surface area contributed by atoms with Gasteiger partial charge in [0.05, 0.1) is 24.4 Å². The van der Waals surface area contributed by atoms with Crippen molar-refractivity contribution in [2.45, 2.75) is 56.1 Å². The second kappa shape index (κ2) is 8.74. The molecular weight excluding hydrogens is 400 g/mol. The predicted molar refractivity (Wildman–Crippen MR) is 125 cm³/mol. The average Bonchev–Trinajstić information content (AvgIpc) is 3.41. The summed E-state index contributed by atoms with van der Waals surface area (Å²) in [7, 11) is 0. The molecule has 0 bridgehead atoms. The van der Waals surface area contributed by atoms with E-state index < -0.39 is 0 Å². The summed E-state index contributed by atoms with van der Waals surface area (Å²) in [6.45, 7) is 2.84. The molecule has 1 aliphatic carbocycles. The number of hydrogen-bond donors (Lipinski definition) is 4. The summed E-state index contributed by atoms with van der Waals surface area (Å²) in [5, 5.41) is 16.1. The number of fused-ring (bicyclic) bond motifs is 1. The van der Waals surface area contributed by atoms with E-state index in [-0.39, 0.29) is 24.3 Å². The first-order valence-electron chi connectivity index (χ1n) is 12.1. The molecule has 3 heterocycles. The van der Waals surface area contributed by atoms with Gasteiger partial charge in [-0.05, 0) is 42.7 Å². The van der Waals surface area contributed by atoms with Gasteiger partial charge in [0.25, 0.3) is 0 Å². The lowest BCUT2D eigenvalue weighted by Gasteiger charge is -2.47. The van der Waals surface area contributed by atoms with E-state index in [2.05, 4.69) is 50.2 Å². The summed E-state index contributed by atoms with van der Waals surface area (Å²) in [6, 6.07) is 20.0. The maximum atomic E-state index is 6.72. The third-order valence-corrected chi connectivity index (χ3v) is 7.66. The number of nitrogens with one attached hydrogen (secondary N) is 3. The van der Waals surface area contributed by atoms with Crippen LogP contribution in [0.25, 0.3) is 0 Å². The molecule has 6 rings (SSSR count). The predicted octanol–water partition coefficient (Wildman–Crippen LogP) is 2.34. The van der Waals surface area contributed by atoms with Crippen LogP contribution in [0.3, 0.4) is 0 Å². The van der Waals surface area contributed by atoms with Crippen LogP contribution in [0.15, 0.2) is 54.6 Å². The fourth-order valence-corrected chi connectivity index (χ4v) is 6.05. The van der Waals surface area contributed by atoms with E-state index >= 15 is 0 Å². The van der Waals surface area contributed by atoms with Gasteiger partial charge in [-0.25, -0.2) is 10.0 Å². The lowest BCUT2D eigenvalue weighted by molar-refractivity contribution is -0.111. The van der Waals surface area contributed by atoms with Gasteiger partial charge in [-0.15, -0.1) is 0 Å². The van der Waals surface area contributed by atoms with E-state index in [4.69, 9.17) is 10.5 Å². The Morgan fingerprint density at radius 2 is 1.53 bits per heavy atom. The van der Waals surface area contributed by atoms with Crippen LogP contribution in [0.1, 0.15) is 37.3 Å². The number of nitrogens with two attached hydrogens (primary N) is 1. The van der Waals surface area contributed by atoms with E-state index in [9.17, 15) is 0 Å². The molecule has 2 aromatic carbocycles. The molecule has 0 radical (unpaired) electrons. The van der Waals surface area contributed by atoms with E-state index in [0.717, 1.165) is 31.3 Å². The number of hydrazine groups is 1. The van der Waals surface area contributed by atoms with Gasteiger partial charge >= 0.3 is 0 Å². The second-order valence-corrected chi connectivity index (χ2v) is 9.57. The Hall–Kier alpha value is -2.00. The standard InChI is InChI=1S/C25H34N6O/c26-24-22-23(17-10-12-21(13-11-17)32-20-8-2-1-3-9-20)30(19-14-27-15-19)31(18-6-4-5-7-18)25(22)29-16-28-24/h1-3,8-13,18-19,22-25,27-29H,4-7,14-16,26H2. The molecule has 0 spiro atoms. The van der Waals surface area contributed by atoms with Crippen molar-refractivity contribution in [3.05, 3.63) is 60.2 Å². The molecule has 7 nitrogen and oxygen atoms in total. The zero-order valence-corrected chi connectivity index (χ0v) is 18.5. The molecule has 170 valence electrons. The van der Waals surface area contributed by atoms with Gasteiger partial charge in [0.15, 0.2) is 0 Å². The Labute approximate surface area is 190 Å². The fourth-order valence-electron chi connectivity index (χ4n) is 6.05. The van der Waals surface area contributed by atoms with Crippen molar-refractivity contribution in [3.63, 3.8) is 0 Å². The van der Waals surface area contributed by atoms with Crippen LogP contribution in [-0.2, 0) is 0 Å². The number of ether oxygens (including phenoxy) is 1. The Kier molecular flexibility index (Phi) is 5.63. The van der Waals surface area contributed by atoms with Gasteiger partial charge < -0.3 is 15.8 Å². The summed E-state index contributed by atoms with van der Waals surface area (Å²) in [6.07, 6.45) is 5.46. The largest absolute Gasteiger partial charge is 0.457 e. The Morgan fingerprint density at radius 1 is 0.812 bits per heavy atom. The summed E-state index contributed by atoms with van der Waals surface area (Å²) >= 11 is 0. The molecule has 4 aliphatic rings. The van der Waals surface area contributed by atoms with Crippen LogP contribution in [-0.4, -0.2) is 54.2 Å². The van der Waals surface area contributed by atoms with Crippen molar-refractivity contribution in [3.8, 4) is 11.5 Å². The van der Waals surface area contributed by atoms with Gasteiger partial charge in [0.1, 0.15) is 11.5 Å². The zero-order valence-electron chi connectivity index (χ0n) is 18.5. The van der Waals surface area contributed by atoms with E-state index in [0.29, 0.717) is 12.1 Å². The summed E-state index contributed by atoms with van der Waals surface area (Å²) in [5.74, 6) is 2.01. The molecule has 2 aromatic rings. The van der Waals surface area contributed by atoms with Crippen molar-refractivity contribution in [1.82, 2.24) is 26.0 Å². The lowest BCUT2D eigenvalue weighted by Crippen LogP contribution is -2.66. The van der Waals surface area contributed by atoms with E-state index in [1.165, 1.54) is 31.2 Å². The summed E-state index contributed by atoms with van der Waals surface area (Å²) in [5.41, 5.74) is 8.03. The monoisotopic (exact) mass is 434 g/mol. The molecule has 7 heteroatoms. The van der Waals surface area contributed by atoms with E-state index in [1.54, 1.807) is 0 Å². The second-order valence-electron chi connectivity index (χ2n) is 9.57. The van der Waals surface area contributed by atoms with Gasteiger partial charge in [0, 0.05) is 31.7 Å². The quantitative estimate of drug-likeness (QED) is 0.575. The third-order valence-electron chi connectivity index (χ3n) is 7.66. The molecular formula is C25H34N6O. The van der Waals surface area contributed by atoms with Gasteiger partial charge in [0.2, 0.25) is 0 Å². The highest BCUT2D eigenvalue weighted by Gasteiger charge is 2.56. The molecule has 1 saturated carbocycles. The minimum atomic E-state index is -0.0339. The number of para-hydroxylation sites is 1. The highest BCUT2D eigenvalue weighted by atomic mass is 16.5. The Balaban J connectivity index is 1.33. The number of hydrogen-bond acceptors (Lipinski definition) is 7. The first-order valence-corrected chi connectivity index (χ1v) is 12.1. The number of rotatable bonds is 5. The van der Waals surface area contributed by atoms with Crippen molar-refractivity contribution in [2.24, 2.45) is 11.7 Å². The van der Waals surface area contributed by atoms with Crippen molar-refractivity contribution >= 4 is 0 Å². The van der Waals surface area contributed by atoms with Crippen molar-refractivity contribution < 1.29 is 4.74 Å². The first kappa shape index (κ1) is 20.6. The third kappa shape index (κ3) is 3.63. The summed E-state index contributed by atoms with van der Waals surface area (Å²) < 4.78 is 6.05. The van der Waals surface area contributed by atoms with Crippen LogP contribution < -0.4 is 26.4 Å². The van der Waals surface area contributed by atoms with Gasteiger partial charge in [-0.1, -0.05) is 43.2 Å². The fraction of sp³-hybridized carbons (Fsp3) is 0.520. The van der Waals surface area contributed by atoms with Crippen LogP contribution in [0, 0.1) is 5.92 Å². The zero-order chi connectivity index (χ0) is 21.5. The highest BCUT2D eigenvalue weighted by Crippen LogP contribution is 2.47. The van der Waals surface area contributed by atoms with Crippen LogP contribution in [0.2, 0.25) is 0 Å². The molecule has 4 unspecified atom stereocenters. The maximum Gasteiger partial charge on any atom is 0.127 e. The van der Waals surface area contributed by atoms with Crippen molar-refractivity contribution in [1.29, 1.82) is 0 Å². The number of nitrogens with zero attached hydrogens (tertiary/aromatic N) is 2.